The van der Waals surface area contributed by atoms with Gasteiger partial charge >= 0.3 is 0 Å². The van der Waals surface area contributed by atoms with Gasteiger partial charge in [0.2, 0.25) is 15.9 Å². The Kier molecular flexibility index (Phi) is 6.95. The van der Waals surface area contributed by atoms with Crippen LogP contribution in [-0.2, 0) is 14.8 Å². The van der Waals surface area contributed by atoms with Crippen LogP contribution in [0.3, 0.4) is 0 Å². The maximum Gasteiger partial charge on any atom is 0.249 e. The molecule has 8 heteroatoms. The summed E-state index contributed by atoms with van der Waals surface area (Å²) in [6, 6.07) is 24.9. The van der Waals surface area contributed by atoms with Gasteiger partial charge in [-0.05, 0) is 28.8 Å². The topological polar surface area (TPSA) is 86.7 Å². The molecule has 4 rings (SSSR count). The van der Waals surface area contributed by atoms with Gasteiger partial charge in [-0.25, -0.2) is 8.42 Å². The van der Waals surface area contributed by atoms with E-state index in [9.17, 15) is 18.3 Å². The summed E-state index contributed by atoms with van der Waals surface area (Å²) >= 11 is 1.28. The fourth-order valence-corrected chi connectivity index (χ4v) is 6.74. The van der Waals surface area contributed by atoms with E-state index in [1.54, 1.807) is 24.3 Å². The Balaban J connectivity index is 1.52. The minimum Gasteiger partial charge on any atom is -0.394 e. The molecule has 6 nitrogen and oxygen atoms in total. The lowest BCUT2D eigenvalue weighted by Gasteiger charge is -2.25. The summed E-state index contributed by atoms with van der Waals surface area (Å²) in [5, 5.41) is 11.7. The van der Waals surface area contributed by atoms with Gasteiger partial charge in [0, 0.05) is 12.3 Å². The first-order valence-electron chi connectivity index (χ1n) is 10.3. The Hall–Kier alpha value is -2.65. The number of carbonyl (C=O) groups is 1. The van der Waals surface area contributed by atoms with Crippen molar-refractivity contribution in [1.82, 2.24) is 9.62 Å². The zero-order valence-electron chi connectivity index (χ0n) is 17.3. The minimum absolute atomic E-state index is 0.152. The van der Waals surface area contributed by atoms with Crippen LogP contribution in [0.1, 0.15) is 11.6 Å². The number of nitrogens with one attached hydrogen (secondary N) is 1. The van der Waals surface area contributed by atoms with Crippen molar-refractivity contribution in [2.24, 2.45) is 0 Å². The third kappa shape index (κ3) is 4.73. The van der Waals surface area contributed by atoms with Gasteiger partial charge in [0.15, 0.2) is 0 Å². The van der Waals surface area contributed by atoms with Crippen LogP contribution in [0.4, 0.5) is 0 Å². The van der Waals surface area contributed by atoms with Crippen molar-refractivity contribution in [3.8, 4) is 11.1 Å². The maximum atomic E-state index is 13.3. The molecule has 3 aromatic rings. The van der Waals surface area contributed by atoms with Crippen molar-refractivity contribution >= 4 is 27.7 Å². The summed E-state index contributed by atoms with van der Waals surface area (Å²) < 4.78 is 27.9. The molecule has 1 fully saturated rings. The first-order valence-corrected chi connectivity index (χ1v) is 12.7. The van der Waals surface area contributed by atoms with E-state index in [-0.39, 0.29) is 18.0 Å². The number of hydrogen-bond donors (Lipinski definition) is 2. The standard InChI is InChI=1S/C24H24N2O4S2/c27-17-22(20-9-5-2-6-10-20)25-23(28)24-26(15-16-31-24)32(29,30)21-13-11-19(12-14-21)18-7-3-1-4-8-18/h1-14,22,24,27H,15-17H2,(H,25,28)/t22-,24?/m0/s1. The van der Waals surface area contributed by atoms with E-state index < -0.39 is 27.3 Å². The monoisotopic (exact) mass is 468 g/mol. The van der Waals surface area contributed by atoms with Crippen LogP contribution in [0, 0.1) is 0 Å². The van der Waals surface area contributed by atoms with Gasteiger partial charge in [0.05, 0.1) is 17.5 Å². The van der Waals surface area contributed by atoms with Crippen molar-refractivity contribution in [1.29, 1.82) is 0 Å². The summed E-state index contributed by atoms with van der Waals surface area (Å²) in [5.74, 6) is 0.0917. The van der Waals surface area contributed by atoms with Gasteiger partial charge in [-0.15, -0.1) is 11.8 Å². The molecule has 0 bridgehead atoms. The summed E-state index contributed by atoms with van der Waals surface area (Å²) in [5.41, 5.74) is 2.68. The van der Waals surface area contributed by atoms with E-state index in [1.807, 2.05) is 60.7 Å². The molecule has 0 aliphatic carbocycles. The average molecular weight is 469 g/mol. The molecule has 0 saturated carbocycles. The first kappa shape index (κ1) is 22.5. The molecule has 2 N–H and O–H groups in total. The van der Waals surface area contributed by atoms with Crippen molar-refractivity contribution in [2.75, 3.05) is 18.9 Å². The molecule has 1 amide bonds. The quantitative estimate of drug-likeness (QED) is 0.556. The molecule has 1 aliphatic heterocycles. The Morgan fingerprint density at radius 1 is 0.969 bits per heavy atom. The predicted molar refractivity (Wildman–Crippen MR) is 126 cm³/mol. The minimum atomic E-state index is -3.85. The second-order valence-electron chi connectivity index (χ2n) is 7.38. The fraction of sp³-hybridized carbons (Fsp3) is 0.208. The third-order valence-corrected chi connectivity index (χ3v) is 8.56. The number of hydrogen-bond acceptors (Lipinski definition) is 5. The van der Waals surface area contributed by atoms with E-state index in [0.717, 1.165) is 16.7 Å². The number of aliphatic hydroxyl groups excluding tert-OH is 1. The maximum absolute atomic E-state index is 13.3. The first-order chi connectivity index (χ1) is 15.5. The lowest BCUT2D eigenvalue weighted by molar-refractivity contribution is -0.123. The molecule has 1 unspecified atom stereocenters. The molecule has 3 aromatic carbocycles. The number of sulfonamides is 1. The summed E-state index contributed by atoms with van der Waals surface area (Å²) in [6.45, 7) is -0.0263. The van der Waals surface area contributed by atoms with Crippen LogP contribution in [0.25, 0.3) is 11.1 Å². The molecule has 32 heavy (non-hydrogen) atoms. The van der Waals surface area contributed by atoms with Gasteiger partial charge in [-0.3, -0.25) is 4.79 Å². The Morgan fingerprint density at radius 3 is 2.19 bits per heavy atom. The highest BCUT2D eigenvalue weighted by molar-refractivity contribution is 8.02. The van der Waals surface area contributed by atoms with E-state index in [0.29, 0.717) is 5.75 Å². The van der Waals surface area contributed by atoms with Crippen LogP contribution in [0.5, 0.6) is 0 Å². The Morgan fingerprint density at radius 2 is 1.56 bits per heavy atom. The fourth-order valence-electron chi connectivity index (χ4n) is 3.66. The second-order valence-corrected chi connectivity index (χ2v) is 10.5. The number of aliphatic hydroxyl groups is 1. The predicted octanol–water partition coefficient (Wildman–Crippen LogP) is 3.27. The SMILES string of the molecule is O=C(N[C@@H](CO)c1ccccc1)C1SCCN1S(=O)(=O)c1ccc(-c2ccccc2)cc1. The van der Waals surface area contributed by atoms with Gasteiger partial charge < -0.3 is 10.4 Å². The molecule has 0 spiro atoms. The number of carbonyl (C=O) groups excluding carboxylic acids is 1. The van der Waals surface area contributed by atoms with E-state index >= 15 is 0 Å². The molecule has 1 saturated heterocycles. The van der Waals surface area contributed by atoms with Crippen molar-refractivity contribution in [3.63, 3.8) is 0 Å². The molecule has 1 aliphatic rings. The molecule has 166 valence electrons. The smallest absolute Gasteiger partial charge is 0.249 e. The van der Waals surface area contributed by atoms with Crippen LogP contribution < -0.4 is 5.32 Å². The number of amides is 1. The molecule has 2 atom stereocenters. The van der Waals surface area contributed by atoms with Crippen LogP contribution in [0.15, 0.2) is 89.8 Å². The largest absolute Gasteiger partial charge is 0.394 e. The molecule has 1 heterocycles. The summed E-state index contributed by atoms with van der Waals surface area (Å²) in [7, 11) is -3.85. The Bertz CT molecular complexity index is 1150. The number of nitrogens with zero attached hydrogens (tertiary/aromatic N) is 1. The van der Waals surface area contributed by atoms with Crippen molar-refractivity contribution in [3.05, 3.63) is 90.5 Å². The van der Waals surface area contributed by atoms with Crippen LogP contribution in [0.2, 0.25) is 0 Å². The van der Waals surface area contributed by atoms with Crippen LogP contribution in [-0.4, -0.2) is 48.0 Å². The highest BCUT2D eigenvalue weighted by Crippen LogP contribution is 2.31. The van der Waals surface area contributed by atoms with Gasteiger partial charge in [0.25, 0.3) is 0 Å². The molecular formula is C24H24N2O4S2. The normalized spacial score (nSPS) is 17.7. The second kappa shape index (κ2) is 9.87. The Labute approximate surface area is 192 Å². The van der Waals surface area contributed by atoms with E-state index in [1.165, 1.54) is 16.1 Å². The van der Waals surface area contributed by atoms with Crippen molar-refractivity contribution in [2.45, 2.75) is 16.3 Å². The van der Waals surface area contributed by atoms with Gasteiger partial charge in [-0.1, -0.05) is 72.8 Å². The van der Waals surface area contributed by atoms with Crippen LogP contribution >= 0.6 is 11.8 Å². The number of rotatable bonds is 7. The lowest BCUT2D eigenvalue weighted by atomic mass is 10.1. The van der Waals surface area contributed by atoms with E-state index in [2.05, 4.69) is 5.32 Å². The zero-order valence-corrected chi connectivity index (χ0v) is 18.9. The lowest BCUT2D eigenvalue weighted by Crippen LogP contribution is -2.46. The highest BCUT2D eigenvalue weighted by atomic mass is 32.2. The molecule has 0 radical (unpaired) electrons. The zero-order chi connectivity index (χ0) is 22.6. The molecule has 0 aromatic heterocycles. The molecular weight excluding hydrogens is 444 g/mol. The number of thioether (sulfide) groups is 1. The van der Waals surface area contributed by atoms with E-state index in [4.69, 9.17) is 0 Å². The average Bonchev–Trinajstić information content (AvgIpc) is 3.35. The third-order valence-electron chi connectivity index (χ3n) is 5.34. The summed E-state index contributed by atoms with van der Waals surface area (Å²) in [6.07, 6.45) is 0. The van der Waals surface area contributed by atoms with Gasteiger partial charge in [0.1, 0.15) is 5.37 Å². The van der Waals surface area contributed by atoms with Gasteiger partial charge in [-0.2, -0.15) is 4.31 Å². The number of benzene rings is 3. The highest BCUT2D eigenvalue weighted by Gasteiger charge is 2.40. The van der Waals surface area contributed by atoms with Crippen molar-refractivity contribution < 1.29 is 18.3 Å². The summed E-state index contributed by atoms with van der Waals surface area (Å²) in [4.78, 5) is 13.1.